The zero-order valence-electron chi connectivity index (χ0n) is 13.1. The molecule has 1 amide bonds. The summed E-state index contributed by atoms with van der Waals surface area (Å²) in [4.78, 5) is 20.1. The van der Waals surface area contributed by atoms with Crippen LogP contribution in [0.5, 0.6) is 0 Å². The molecule has 1 fully saturated rings. The summed E-state index contributed by atoms with van der Waals surface area (Å²) in [7, 11) is -1.51. The highest BCUT2D eigenvalue weighted by atomic mass is 16.4. The minimum Gasteiger partial charge on any atom is -0.423 e. The van der Waals surface area contributed by atoms with Gasteiger partial charge in [0, 0.05) is 43.9 Å². The van der Waals surface area contributed by atoms with Crippen molar-refractivity contribution in [2.75, 3.05) is 37.6 Å². The number of pyridine rings is 1. The molecule has 0 atom stereocenters. The third-order valence-corrected chi connectivity index (χ3v) is 3.60. The second kappa shape index (κ2) is 7.57. The Bertz CT molecular complexity index is 505. The molecule has 0 aliphatic carbocycles. The van der Waals surface area contributed by atoms with Gasteiger partial charge in [0.25, 0.3) is 0 Å². The Hall–Kier alpha value is -1.64. The second-order valence-electron chi connectivity index (χ2n) is 5.84. The number of rotatable bonds is 5. The van der Waals surface area contributed by atoms with Crippen molar-refractivity contribution >= 4 is 24.2 Å². The summed E-state index contributed by atoms with van der Waals surface area (Å²) in [6, 6.07) is 1.89. The lowest BCUT2D eigenvalue weighted by molar-refractivity contribution is -0.122. The normalized spacial score (nSPS) is 16.0. The average Bonchev–Trinajstić information content (AvgIpc) is 2.47. The van der Waals surface area contributed by atoms with Gasteiger partial charge in [0.1, 0.15) is 0 Å². The van der Waals surface area contributed by atoms with Crippen LogP contribution in [0.1, 0.15) is 13.8 Å². The third-order valence-electron chi connectivity index (χ3n) is 3.60. The first kappa shape index (κ1) is 16.7. The summed E-state index contributed by atoms with van der Waals surface area (Å²) in [5.41, 5.74) is 1.26. The fourth-order valence-corrected chi connectivity index (χ4v) is 2.49. The number of hydrogen-bond donors (Lipinski definition) is 3. The van der Waals surface area contributed by atoms with Gasteiger partial charge in [-0.15, -0.1) is 0 Å². The van der Waals surface area contributed by atoms with Crippen LogP contribution in [0, 0.1) is 0 Å². The van der Waals surface area contributed by atoms with Crippen LogP contribution in [0.3, 0.4) is 0 Å². The smallest absolute Gasteiger partial charge is 0.423 e. The number of aromatic nitrogens is 1. The Kier molecular flexibility index (Phi) is 5.76. The predicted molar refractivity (Wildman–Crippen MR) is 86.0 cm³/mol. The lowest BCUT2D eigenvalue weighted by Crippen LogP contribution is -2.50. The molecule has 1 saturated heterocycles. The van der Waals surface area contributed by atoms with E-state index in [0.29, 0.717) is 12.0 Å². The van der Waals surface area contributed by atoms with Gasteiger partial charge in [-0.2, -0.15) is 0 Å². The summed E-state index contributed by atoms with van der Waals surface area (Å²) in [5, 5.41) is 21.3. The maximum atomic E-state index is 11.8. The van der Waals surface area contributed by atoms with Crippen LogP contribution in [-0.2, 0) is 4.79 Å². The van der Waals surface area contributed by atoms with E-state index < -0.39 is 7.12 Å². The Morgan fingerprint density at radius 2 is 2.00 bits per heavy atom. The number of nitrogens with zero attached hydrogens (tertiary/aromatic N) is 3. The molecule has 0 radical (unpaired) electrons. The van der Waals surface area contributed by atoms with Crippen LogP contribution >= 0.6 is 0 Å². The van der Waals surface area contributed by atoms with Crippen molar-refractivity contribution in [2.24, 2.45) is 0 Å². The molecule has 2 rings (SSSR count). The van der Waals surface area contributed by atoms with E-state index in [0.717, 1.165) is 31.9 Å². The SMILES string of the molecule is CC(C)NC(=O)CN1CCN(c2cncc(B(O)O)c2)CC1. The fraction of sp³-hybridized carbons (Fsp3) is 0.571. The molecule has 3 N–H and O–H groups in total. The molecule has 7 nitrogen and oxygen atoms in total. The topological polar surface area (TPSA) is 88.9 Å². The minimum absolute atomic E-state index is 0.0514. The van der Waals surface area contributed by atoms with E-state index in [2.05, 4.69) is 20.1 Å². The van der Waals surface area contributed by atoms with Crippen LogP contribution in [-0.4, -0.2) is 71.7 Å². The maximum Gasteiger partial charge on any atom is 0.490 e. The molecule has 1 aliphatic rings. The van der Waals surface area contributed by atoms with Gasteiger partial charge in [-0.3, -0.25) is 14.7 Å². The van der Waals surface area contributed by atoms with E-state index in [1.54, 1.807) is 12.3 Å². The lowest BCUT2D eigenvalue weighted by Gasteiger charge is -2.35. The van der Waals surface area contributed by atoms with Crippen LogP contribution < -0.4 is 15.7 Å². The maximum absolute atomic E-state index is 11.8. The molecular formula is C14H23BN4O3. The number of hydrogen-bond acceptors (Lipinski definition) is 6. The van der Waals surface area contributed by atoms with Gasteiger partial charge >= 0.3 is 7.12 Å². The molecule has 1 aliphatic heterocycles. The fourth-order valence-electron chi connectivity index (χ4n) is 2.49. The number of amides is 1. The first-order valence-corrected chi connectivity index (χ1v) is 7.53. The van der Waals surface area contributed by atoms with Gasteiger partial charge < -0.3 is 20.3 Å². The van der Waals surface area contributed by atoms with Crippen molar-refractivity contribution in [3.63, 3.8) is 0 Å². The highest BCUT2D eigenvalue weighted by molar-refractivity contribution is 6.58. The predicted octanol–water partition coefficient (Wildman–Crippen LogP) is -1.59. The minimum atomic E-state index is -1.51. The summed E-state index contributed by atoms with van der Waals surface area (Å²) in [5.74, 6) is 0.0514. The van der Waals surface area contributed by atoms with Gasteiger partial charge in [0.15, 0.2) is 0 Å². The molecule has 0 aromatic carbocycles. The molecule has 2 heterocycles. The van der Waals surface area contributed by atoms with Crippen LogP contribution in [0.25, 0.3) is 0 Å². The molecule has 120 valence electrons. The third kappa shape index (κ3) is 4.69. The van der Waals surface area contributed by atoms with Crippen LogP contribution in [0.15, 0.2) is 18.5 Å². The molecule has 1 aromatic heterocycles. The van der Waals surface area contributed by atoms with E-state index in [-0.39, 0.29) is 11.9 Å². The standard InChI is InChI=1S/C14H23BN4O3/c1-11(2)17-14(20)10-18-3-5-19(6-4-18)13-7-12(15(21)22)8-16-9-13/h7-9,11,21-22H,3-6,10H2,1-2H3,(H,17,20). The summed E-state index contributed by atoms with van der Waals surface area (Å²) >= 11 is 0. The molecule has 0 saturated carbocycles. The second-order valence-corrected chi connectivity index (χ2v) is 5.84. The van der Waals surface area contributed by atoms with E-state index in [9.17, 15) is 14.8 Å². The van der Waals surface area contributed by atoms with Crippen LogP contribution in [0.2, 0.25) is 0 Å². The lowest BCUT2D eigenvalue weighted by atomic mass is 9.81. The highest BCUT2D eigenvalue weighted by Gasteiger charge is 2.21. The zero-order valence-corrected chi connectivity index (χ0v) is 13.1. The number of carbonyl (C=O) groups excluding carboxylic acids is 1. The van der Waals surface area contributed by atoms with E-state index in [1.165, 1.54) is 6.20 Å². The Labute approximate surface area is 131 Å². The largest absolute Gasteiger partial charge is 0.490 e. The zero-order chi connectivity index (χ0) is 16.1. The Morgan fingerprint density at radius 1 is 1.32 bits per heavy atom. The number of carbonyl (C=O) groups is 1. The number of nitrogens with one attached hydrogen (secondary N) is 1. The van der Waals surface area contributed by atoms with Gasteiger partial charge in [-0.25, -0.2) is 0 Å². The van der Waals surface area contributed by atoms with Gasteiger partial charge in [-0.05, 0) is 19.9 Å². The Morgan fingerprint density at radius 3 is 2.59 bits per heavy atom. The van der Waals surface area contributed by atoms with Crippen molar-refractivity contribution in [1.29, 1.82) is 0 Å². The molecule has 0 spiro atoms. The average molecular weight is 306 g/mol. The van der Waals surface area contributed by atoms with Crippen molar-refractivity contribution in [1.82, 2.24) is 15.2 Å². The molecular weight excluding hydrogens is 283 g/mol. The highest BCUT2D eigenvalue weighted by Crippen LogP contribution is 2.13. The molecule has 0 bridgehead atoms. The quantitative estimate of drug-likeness (QED) is 0.568. The van der Waals surface area contributed by atoms with E-state index in [1.807, 2.05) is 13.8 Å². The van der Waals surface area contributed by atoms with Crippen LogP contribution in [0.4, 0.5) is 5.69 Å². The van der Waals surface area contributed by atoms with E-state index in [4.69, 9.17) is 0 Å². The van der Waals surface area contributed by atoms with Crippen molar-refractivity contribution in [3.05, 3.63) is 18.5 Å². The number of piperazine rings is 1. The van der Waals surface area contributed by atoms with Gasteiger partial charge in [0.05, 0.1) is 18.4 Å². The molecule has 22 heavy (non-hydrogen) atoms. The van der Waals surface area contributed by atoms with E-state index >= 15 is 0 Å². The van der Waals surface area contributed by atoms with Crippen molar-refractivity contribution in [2.45, 2.75) is 19.9 Å². The molecule has 8 heteroatoms. The monoisotopic (exact) mass is 306 g/mol. The number of anilines is 1. The molecule has 0 unspecified atom stereocenters. The first-order chi connectivity index (χ1) is 10.5. The summed E-state index contributed by atoms with van der Waals surface area (Å²) < 4.78 is 0. The van der Waals surface area contributed by atoms with Gasteiger partial charge in [-0.1, -0.05) is 0 Å². The Balaban J connectivity index is 1.87. The van der Waals surface area contributed by atoms with Crippen molar-refractivity contribution < 1.29 is 14.8 Å². The first-order valence-electron chi connectivity index (χ1n) is 7.53. The van der Waals surface area contributed by atoms with Crippen molar-refractivity contribution in [3.8, 4) is 0 Å². The summed E-state index contributed by atoms with van der Waals surface area (Å²) in [6.07, 6.45) is 3.16. The summed E-state index contributed by atoms with van der Waals surface area (Å²) in [6.45, 7) is 7.45. The molecule has 1 aromatic rings. The van der Waals surface area contributed by atoms with Gasteiger partial charge in [0.2, 0.25) is 5.91 Å².